The highest BCUT2D eigenvalue weighted by molar-refractivity contribution is 5.85. The van der Waals surface area contributed by atoms with Crippen LogP contribution in [-0.2, 0) is 5.54 Å². The Hall–Kier alpha value is -0.800. The fourth-order valence-electron chi connectivity index (χ4n) is 2.13. The zero-order valence-corrected chi connectivity index (χ0v) is 9.32. The Bertz CT molecular complexity index is 348. The zero-order chi connectivity index (χ0) is 10.2. The van der Waals surface area contributed by atoms with Crippen LogP contribution in [0.1, 0.15) is 31.2 Å². The summed E-state index contributed by atoms with van der Waals surface area (Å²) in [5.41, 5.74) is 12.3. The predicted octanol–water partition coefficient (Wildman–Crippen LogP) is 2.56. The number of hydrogen-bond acceptors (Lipinski definition) is 2. The maximum atomic E-state index is 13.2. The summed E-state index contributed by atoms with van der Waals surface area (Å²) in [5.74, 6) is -0.362. The van der Waals surface area contributed by atoms with Crippen LogP contribution in [0.15, 0.2) is 18.2 Å². The Labute approximate surface area is 95.2 Å². The van der Waals surface area contributed by atoms with Gasteiger partial charge in [-0.3, -0.25) is 0 Å². The molecule has 0 heterocycles. The molecule has 0 aromatic heterocycles. The minimum atomic E-state index is -0.362. The number of halogens is 2. The quantitative estimate of drug-likeness (QED) is 0.729. The molecule has 1 fully saturated rings. The first-order valence-electron chi connectivity index (χ1n) is 4.96. The predicted molar refractivity (Wildman–Crippen MR) is 62.4 cm³/mol. The molecule has 0 radical (unpaired) electrons. The average Bonchev–Trinajstić information content (AvgIpc) is 2.58. The number of rotatable bonds is 1. The third kappa shape index (κ3) is 2.24. The van der Waals surface area contributed by atoms with Gasteiger partial charge in [0.05, 0.1) is 5.69 Å². The van der Waals surface area contributed by atoms with Crippen molar-refractivity contribution >= 4 is 18.1 Å². The van der Waals surface area contributed by atoms with Crippen molar-refractivity contribution in [2.24, 2.45) is 5.73 Å². The van der Waals surface area contributed by atoms with Gasteiger partial charge in [0.25, 0.3) is 0 Å². The first-order valence-corrected chi connectivity index (χ1v) is 4.96. The summed E-state index contributed by atoms with van der Waals surface area (Å²) in [5, 5.41) is 0. The van der Waals surface area contributed by atoms with Crippen molar-refractivity contribution in [3.8, 4) is 0 Å². The summed E-state index contributed by atoms with van der Waals surface area (Å²) in [6.07, 6.45) is 4.14. The number of hydrogen-bond donors (Lipinski definition) is 2. The third-order valence-corrected chi connectivity index (χ3v) is 3.07. The van der Waals surface area contributed by atoms with E-state index in [4.69, 9.17) is 11.5 Å². The maximum absolute atomic E-state index is 13.2. The van der Waals surface area contributed by atoms with E-state index >= 15 is 0 Å². The largest absolute Gasteiger partial charge is 0.396 e. The maximum Gasteiger partial charge on any atom is 0.146 e. The van der Waals surface area contributed by atoms with Crippen molar-refractivity contribution < 1.29 is 4.39 Å². The molecule has 2 nitrogen and oxygen atoms in total. The van der Waals surface area contributed by atoms with E-state index in [0.29, 0.717) is 0 Å². The minimum absolute atomic E-state index is 0. The lowest BCUT2D eigenvalue weighted by molar-refractivity contribution is 0.458. The fourth-order valence-corrected chi connectivity index (χ4v) is 2.13. The van der Waals surface area contributed by atoms with Crippen LogP contribution in [0.4, 0.5) is 10.1 Å². The molecule has 0 spiro atoms. The molecule has 4 N–H and O–H groups in total. The second-order valence-electron chi connectivity index (χ2n) is 4.10. The van der Waals surface area contributed by atoms with E-state index in [1.807, 2.05) is 6.07 Å². The molecular formula is C11H16ClFN2. The Morgan fingerprint density at radius 1 is 1.20 bits per heavy atom. The molecule has 4 heteroatoms. The van der Waals surface area contributed by atoms with E-state index in [9.17, 15) is 4.39 Å². The molecule has 0 atom stereocenters. The average molecular weight is 231 g/mol. The van der Waals surface area contributed by atoms with Crippen LogP contribution >= 0.6 is 12.4 Å². The normalized spacial score (nSPS) is 18.5. The third-order valence-electron chi connectivity index (χ3n) is 3.07. The summed E-state index contributed by atoms with van der Waals surface area (Å²) >= 11 is 0. The first kappa shape index (κ1) is 12.3. The van der Waals surface area contributed by atoms with E-state index in [-0.39, 0.29) is 29.5 Å². The second-order valence-corrected chi connectivity index (χ2v) is 4.10. The van der Waals surface area contributed by atoms with Gasteiger partial charge in [0.2, 0.25) is 0 Å². The Kier molecular flexibility index (Phi) is 3.58. The van der Waals surface area contributed by atoms with E-state index in [1.54, 1.807) is 6.07 Å². The van der Waals surface area contributed by atoms with Crippen molar-refractivity contribution in [3.63, 3.8) is 0 Å². The minimum Gasteiger partial charge on any atom is -0.396 e. The van der Waals surface area contributed by atoms with Gasteiger partial charge in [-0.1, -0.05) is 18.9 Å². The van der Waals surface area contributed by atoms with Crippen LogP contribution in [0.3, 0.4) is 0 Å². The smallest absolute Gasteiger partial charge is 0.146 e. The molecule has 0 aliphatic heterocycles. The molecule has 15 heavy (non-hydrogen) atoms. The molecule has 0 unspecified atom stereocenters. The van der Waals surface area contributed by atoms with Crippen LogP contribution in [0.25, 0.3) is 0 Å². The van der Waals surface area contributed by atoms with Gasteiger partial charge in [-0.2, -0.15) is 0 Å². The summed E-state index contributed by atoms with van der Waals surface area (Å²) in [6, 6.07) is 4.90. The Morgan fingerprint density at radius 2 is 1.80 bits per heavy atom. The van der Waals surface area contributed by atoms with E-state index < -0.39 is 0 Å². The topological polar surface area (TPSA) is 52.0 Å². The van der Waals surface area contributed by atoms with E-state index in [2.05, 4.69) is 0 Å². The lowest BCUT2D eigenvalue weighted by Gasteiger charge is -2.24. The van der Waals surface area contributed by atoms with E-state index in [0.717, 1.165) is 31.2 Å². The van der Waals surface area contributed by atoms with Crippen molar-refractivity contribution in [3.05, 3.63) is 29.6 Å². The molecular weight excluding hydrogens is 215 g/mol. The van der Waals surface area contributed by atoms with Gasteiger partial charge < -0.3 is 11.5 Å². The molecule has 1 aromatic rings. The number of nitrogens with two attached hydrogens (primary N) is 2. The van der Waals surface area contributed by atoms with Crippen LogP contribution in [-0.4, -0.2) is 0 Å². The van der Waals surface area contributed by atoms with Crippen LogP contribution in [0.2, 0.25) is 0 Å². The second kappa shape index (κ2) is 4.37. The van der Waals surface area contributed by atoms with Crippen molar-refractivity contribution in [1.82, 2.24) is 0 Å². The van der Waals surface area contributed by atoms with Crippen molar-refractivity contribution in [2.75, 3.05) is 5.73 Å². The number of anilines is 1. The van der Waals surface area contributed by atoms with Crippen molar-refractivity contribution in [1.29, 1.82) is 0 Å². The van der Waals surface area contributed by atoms with Gasteiger partial charge in [-0.15, -0.1) is 12.4 Å². The van der Waals surface area contributed by atoms with Gasteiger partial charge in [-0.05, 0) is 30.5 Å². The molecule has 0 saturated heterocycles. The first-order chi connectivity index (χ1) is 6.62. The zero-order valence-electron chi connectivity index (χ0n) is 8.50. The number of benzene rings is 1. The molecule has 1 aliphatic rings. The Balaban J connectivity index is 0.00000112. The Morgan fingerprint density at radius 3 is 2.33 bits per heavy atom. The number of nitrogen functional groups attached to an aromatic ring is 1. The van der Waals surface area contributed by atoms with Crippen LogP contribution in [0, 0.1) is 5.82 Å². The lowest BCUT2D eigenvalue weighted by Crippen LogP contribution is -2.33. The fraction of sp³-hybridized carbons (Fsp3) is 0.455. The standard InChI is InChI=1S/C11H15FN2.ClH/c12-9-7-8(3-4-10(9)13)11(14)5-1-2-6-11;/h3-4,7H,1-2,5-6,13-14H2;1H. The van der Waals surface area contributed by atoms with E-state index in [1.165, 1.54) is 6.07 Å². The van der Waals surface area contributed by atoms with Gasteiger partial charge in [0.15, 0.2) is 0 Å². The van der Waals surface area contributed by atoms with Gasteiger partial charge >= 0.3 is 0 Å². The highest BCUT2D eigenvalue weighted by atomic mass is 35.5. The lowest BCUT2D eigenvalue weighted by atomic mass is 9.89. The summed E-state index contributed by atoms with van der Waals surface area (Å²) in [6.45, 7) is 0. The molecule has 84 valence electrons. The summed E-state index contributed by atoms with van der Waals surface area (Å²) < 4.78 is 13.2. The molecule has 1 aromatic carbocycles. The van der Waals surface area contributed by atoms with Gasteiger partial charge in [0, 0.05) is 5.54 Å². The van der Waals surface area contributed by atoms with Crippen LogP contribution < -0.4 is 11.5 Å². The molecule has 1 aliphatic carbocycles. The summed E-state index contributed by atoms with van der Waals surface area (Å²) in [4.78, 5) is 0. The SMILES string of the molecule is Cl.Nc1ccc(C2(N)CCCC2)cc1F. The van der Waals surface area contributed by atoms with Crippen LogP contribution in [0.5, 0.6) is 0 Å². The molecule has 1 saturated carbocycles. The van der Waals surface area contributed by atoms with Gasteiger partial charge in [0.1, 0.15) is 5.82 Å². The molecule has 0 amide bonds. The van der Waals surface area contributed by atoms with Crippen molar-refractivity contribution in [2.45, 2.75) is 31.2 Å². The molecule has 0 bridgehead atoms. The highest BCUT2D eigenvalue weighted by Crippen LogP contribution is 2.36. The highest BCUT2D eigenvalue weighted by Gasteiger charge is 2.31. The van der Waals surface area contributed by atoms with Gasteiger partial charge in [-0.25, -0.2) is 4.39 Å². The summed E-state index contributed by atoms with van der Waals surface area (Å²) in [7, 11) is 0. The monoisotopic (exact) mass is 230 g/mol. The molecule has 2 rings (SSSR count).